The van der Waals surface area contributed by atoms with E-state index in [4.69, 9.17) is 9.47 Å². The predicted molar refractivity (Wildman–Crippen MR) is 71.8 cm³/mol. The molecule has 2 atom stereocenters. The summed E-state index contributed by atoms with van der Waals surface area (Å²) in [6.07, 6.45) is -0.297. The van der Waals surface area contributed by atoms with E-state index >= 15 is 0 Å². The standard InChI is InChI=1S/C14H20N2O3/c1-16(12-8-15-9-13(12)18-2)14(17)19-10-11-6-4-3-5-7-11/h3-7,12-13,15H,8-10H2,1-2H3. The number of benzene rings is 1. The van der Waals surface area contributed by atoms with Crippen molar-refractivity contribution in [1.29, 1.82) is 0 Å². The molecule has 19 heavy (non-hydrogen) atoms. The number of ether oxygens (including phenoxy) is 2. The summed E-state index contributed by atoms with van der Waals surface area (Å²) in [5, 5.41) is 3.21. The second-order valence-corrected chi connectivity index (χ2v) is 4.65. The van der Waals surface area contributed by atoms with Gasteiger partial charge in [-0.15, -0.1) is 0 Å². The van der Waals surface area contributed by atoms with Crippen LogP contribution in [0.1, 0.15) is 5.56 Å². The molecule has 1 N–H and O–H groups in total. The maximum atomic E-state index is 12.0. The maximum Gasteiger partial charge on any atom is 0.410 e. The fourth-order valence-electron chi connectivity index (χ4n) is 2.22. The zero-order chi connectivity index (χ0) is 13.7. The number of carbonyl (C=O) groups excluding carboxylic acids is 1. The van der Waals surface area contributed by atoms with Gasteiger partial charge in [-0.25, -0.2) is 4.79 Å². The lowest BCUT2D eigenvalue weighted by molar-refractivity contribution is 0.0397. The minimum atomic E-state index is -0.320. The van der Waals surface area contributed by atoms with Crippen LogP contribution >= 0.6 is 0 Å². The highest BCUT2D eigenvalue weighted by atomic mass is 16.6. The molecule has 104 valence electrons. The van der Waals surface area contributed by atoms with E-state index in [1.165, 1.54) is 0 Å². The van der Waals surface area contributed by atoms with Crippen molar-refractivity contribution >= 4 is 6.09 Å². The Hall–Kier alpha value is -1.59. The summed E-state index contributed by atoms with van der Waals surface area (Å²) in [6.45, 7) is 1.79. The number of amides is 1. The maximum absolute atomic E-state index is 12.0. The summed E-state index contributed by atoms with van der Waals surface area (Å²) >= 11 is 0. The van der Waals surface area contributed by atoms with E-state index in [9.17, 15) is 4.79 Å². The Morgan fingerprint density at radius 1 is 1.37 bits per heavy atom. The topological polar surface area (TPSA) is 50.8 Å². The van der Waals surface area contributed by atoms with Crippen molar-refractivity contribution in [3.63, 3.8) is 0 Å². The Morgan fingerprint density at radius 3 is 2.79 bits per heavy atom. The number of hydrogen-bond acceptors (Lipinski definition) is 4. The van der Waals surface area contributed by atoms with E-state index in [1.807, 2.05) is 30.3 Å². The molecule has 0 radical (unpaired) electrons. The second-order valence-electron chi connectivity index (χ2n) is 4.65. The van der Waals surface area contributed by atoms with Crippen LogP contribution in [-0.2, 0) is 16.1 Å². The molecular formula is C14H20N2O3. The Bertz CT molecular complexity index is 410. The first kappa shape index (κ1) is 13.8. The predicted octanol–water partition coefficient (Wildman–Crippen LogP) is 1.24. The first-order valence-electron chi connectivity index (χ1n) is 6.39. The number of nitrogens with zero attached hydrogens (tertiary/aromatic N) is 1. The molecule has 1 aliphatic heterocycles. The number of nitrogens with one attached hydrogen (secondary N) is 1. The van der Waals surface area contributed by atoms with Crippen LogP contribution in [0.15, 0.2) is 30.3 Å². The van der Waals surface area contributed by atoms with E-state index in [0.29, 0.717) is 6.61 Å². The molecule has 1 aliphatic rings. The third-order valence-corrected chi connectivity index (χ3v) is 3.42. The van der Waals surface area contributed by atoms with Crippen molar-refractivity contribution in [2.45, 2.75) is 18.8 Å². The van der Waals surface area contributed by atoms with Crippen LogP contribution in [0.3, 0.4) is 0 Å². The van der Waals surface area contributed by atoms with Gasteiger partial charge in [0.1, 0.15) is 6.61 Å². The molecule has 0 spiro atoms. The van der Waals surface area contributed by atoms with Crippen LogP contribution in [0.4, 0.5) is 4.79 Å². The molecule has 5 heteroatoms. The van der Waals surface area contributed by atoms with Gasteiger partial charge in [-0.2, -0.15) is 0 Å². The van der Waals surface area contributed by atoms with Crippen molar-refractivity contribution < 1.29 is 14.3 Å². The minimum absolute atomic E-state index is 0.0215. The van der Waals surface area contributed by atoms with E-state index in [1.54, 1.807) is 19.1 Å². The van der Waals surface area contributed by atoms with Crippen LogP contribution in [0.5, 0.6) is 0 Å². The van der Waals surface area contributed by atoms with Gasteiger partial charge in [-0.1, -0.05) is 30.3 Å². The van der Waals surface area contributed by atoms with Gasteiger partial charge < -0.3 is 19.7 Å². The molecule has 0 bridgehead atoms. The third kappa shape index (κ3) is 3.45. The van der Waals surface area contributed by atoms with Gasteiger partial charge in [0.15, 0.2) is 0 Å². The van der Waals surface area contributed by atoms with E-state index in [0.717, 1.165) is 18.7 Å². The zero-order valence-corrected chi connectivity index (χ0v) is 11.3. The molecular weight excluding hydrogens is 244 g/mol. The summed E-state index contributed by atoms with van der Waals surface area (Å²) in [5.74, 6) is 0. The van der Waals surface area contributed by atoms with Gasteiger partial charge in [0, 0.05) is 27.2 Å². The molecule has 1 heterocycles. The van der Waals surface area contributed by atoms with Crippen LogP contribution in [0, 0.1) is 0 Å². The lowest BCUT2D eigenvalue weighted by Gasteiger charge is -2.27. The molecule has 0 aliphatic carbocycles. The highest BCUT2D eigenvalue weighted by Crippen LogP contribution is 2.12. The second kappa shape index (κ2) is 6.54. The summed E-state index contributed by atoms with van der Waals surface area (Å²) in [7, 11) is 3.41. The number of likely N-dealkylation sites (N-methyl/N-ethyl adjacent to an activating group) is 1. The summed E-state index contributed by atoms with van der Waals surface area (Å²) in [4.78, 5) is 13.6. The van der Waals surface area contributed by atoms with Crippen LogP contribution in [0.25, 0.3) is 0 Å². The average molecular weight is 264 g/mol. The molecule has 1 fully saturated rings. The lowest BCUT2D eigenvalue weighted by atomic mass is 10.2. The van der Waals surface area contributed by atoms with Gasteiger partial charge in [0.2, 0.25) is 0 Å². The summed E-state index contributed by atoms with van der Waals surface area (Å²) in [6, 6.07) is 9.67. The van der Waals surface area contributed by atoms with Crippen molar-refractivity contribution in [2.75, 3.05) is 27.2 Å². The molecule has 0 saturated carbocycles. The smallest absolute Gasteiger partial charge is 0.410 e. The fraction of sp³-hybridized carbons (Fsp3) is 0.500. The number of methoxy groups -OCH3 is 1. The summed E-state index contributed by atoms with van der Waals surface area (Å²) < 4.78 is 10.6. The van der Waals surface area contributed by atoms with Crippen molar-refractivity contribution in [1.82, 2.24) is 10.2 Å². The highest BCUT2D eigenvalue weighted by Gasteiger charge is 2.33. The lowest BCUT2D eigenvalue weighted by Crippen LogP contribution is -2.45. The third-order valence-electron chi connectivity index (χ3n) is 3.42. The Morgan fingerprint density at radius 2 is 2.11 bits per heavy atom. The molecule has 0 aromatic heterocycles. The van der Waals surface area contributed by atoms with Crippen LogP contribution in [0.2, 0.25) is 0 Å². The van der Waals surface area contributed by atoms with Gasteiger partial charge in [0.25, 0.3) is 0 Å². The van der Waals surface area contributed by atoms with Crippen molar-refractivity contribution in [3.8, 4) is 0 Å². The van der Waals surface area contributed by atoms with Crippen LogP contribution in [-0.4, -0.2) is 50.4 Å². The average Bonchev–Trinajstić information content (AvgIpc) is 2.93. The Kier molecular flexibility index (Phi) is 4.76. The van der Waals surface area contributed by atoms with Gasteiger partial charge in [-0.3, -0.25) is 0 Å². The highest BCUT2D eigenvalue weighted by molar-refractivity contribution is 5.67. The van der Waals surface area contributed by atoms with E-state index in [-0.39, 0.29) is 18.2 Å². The molecule has 5 nitrogen and oxygen atoms in total. The SMILES string of the molecule is COC1CNCC1N(C)C(=O)OCc1ccccc1. The molecule has 1 amide bonds. The molecule has 1 aromatic carbocycles. The zero-order valence-electron chi connectivity index (χ0n) is 11.3. The van der Waals surface area contributed by atoms with Gasteiger partial charge >= 0.3 is 6.09 Å². The van der Waals surface area contributed by atoms with Crippen molar-refractivity contribution in [3.05, 3.63) is 35.9 Å². The fourth-order valence-corrected chi connectivity index (χ4v) is 2.22. The van der Waals surface area contributed by atoms with Gasteiger partial charge in [0.05, 0.1) is 12.1 Å². The normalized spacial score (nSPS) is 22.2. The van der Waals surface area contributed by atoms with E-state index < -0.39 is 0 Å². The number of carbonyl (C=O) groups is 1. The molecule has 1 saturated heterocycles. The summed E-state index contributed by atoms with van der Waals surface area (Å²) in [5.41, 5.74) is 0.983. The molecule has 2 rings (SSSR count). The monoisotopic (exact) mass is 264 g/mol. The number of hydrogen-bond donors (Lipinski definition) is 1. The Balaban J connectivity index is 1.85. The molecule has 1 aromatic rings. The number of rotatable bonds is 4. The minimum Gasteiger partial charge on any atom is -0.445 e. The Labute approximate surface area is 113 Å². The largest absolute Gasteiger partial charge is 0.445 e. The molecule has 2 unspecified atom stereocenters. The first-order chi connectivity index (χ1) is 9.22. The quantitative estimate of drug-likeness (QED) is 0.889. The van der Waals surface area contributed by atoms with E-state index in [2.05, 4.69) is 5.32 Å². The first-order valence-corrected chi connectivity index (χ1v) is 6.39. The van der Waals surface area contributed by atoms with Gasteiger partial charge in [-0.05, 0) is 5.56 Å². The van der Waals surface area contributed by atoms with Crippen molar-refractivity contribution in [2.24, 2.45) is 0 Å². The van der Waals surface area contributed by atoms with Crippen LogP contribution < -0.4 is 5.32 Å².